The SMILES string of the molecule is Cc1cccc(C(=O)O[C@H](C(=O)NNC(=O)c2ccco2)[C@@H](OC(=O)c2cccc(C)c2)C(=O)O)c1. The van der Waals surface area contributed by atoms with Crippen LogP contribution in [-0.2, 0) is 19.1 Å². The minimum atomic E-state index is -2.24. The standard InChI is InChI=1S/C25H22N2O9/c1-14-6-3-8-16(12-14)24(32)35-19(22(29)27-26-21(28)18-10-5-11-34-18)20(23(30)31)36-25(33)17-9-4-7-15(2)13-17/h3-13,19-20H,1-2H3,(H,26,28)(H,27,29)(H,30,31)/t19-,20+/m0/s1. The minimum Gasteiger partial charge on any atom is -0.478 e. The highest BCUT2D eigenvalue weighted by molar-refractivity contribution is 5.98. The maximum Gasteiger partial charge on any atom is 0.349 e. The van der Waals surface area contributed by atoms with Gasteiger partial charge in [-0.2, -0.15) is 0 Å². The molecular formula is C25H22N2O9. The van der Waals surface area contributed by atoms with Crippen molar-refractivity contribution in [3.8, 4) is 0 Å². The van der Waals surface area contributed by atoms with Crippen molar-refractivity contribution in [2.45, 2.75) is 26.1 Å². The van der Waals surface area contributed by atoms with E-state index in [2.05, 4.69) is 0 Å². The van der Waals surface area contributed by atoms with Crippen molar-refractivity contribution in [3.05, 3.63) is 94.9 Å². The lowest BCUT2D eigenvalue weighted by Gasteiger charge is -2.23. The summed E-state index contributed by atoms with van der Waals surface area (Å²) in [5, 5.41) is 9.75. The normalized spacial score (nSPS) is 12.1. The molecule has 1 heterocycles. The van der Waals surface area contributed by atoms with Crippen LogP contribution in [0.5, 0.6) is 0 Å². The molecular weight excluding hydrogens is 472 g/mol. The summed E-state index contributed by atoms with van der Waals surface area (Å²) in [6, 6.07) is 15.0. The average molecular weight is 494 g/mol. The summed E-state index contributed by atoms with van der Waals surface area (Å²) in [6.45, 7) is 3.43. The van der Waals surface area contributed by atoms with E-state index < -0.39 is 41.9 Å². The minimum absolute atomic E-state index is 0.0246. The first-order chi connectivity index (χ1) is 17.2. The van der Waals surface area contributed by atoms with Gasteiger partial charge >= 0.3 is 23.8 Å². The summed E-state index contributed by atoms with van der Waals surface area (Å²) >= 11 is 0. The van der Waals surface area contributed by atoms with Gasteiger partial charge in [0.25, 0.3) is 5.91 Å². The highest BCUT2D eigenvalue weighted by atomic mass is 16.6. The number of aliphatic carboxylic acids is 1. The van der Waals surface area contributed by atoms with Crippen molar-refractivity contribution in [3.63, 3.8) is 0 Å². The van der Waals surface area contributed by atoms with E-state index in [1.807, 2.05) is 10.9 Å². The fourth-order valence-corrected chi connectivity index (χ4v) is 3.06. The number of carboxylic acid groups (broad SMARTS) is 1. The van der Waals surface area contributed by atoms with E-state index in [9.17, 15) is 29.1 Å². The van der Waals surface area contributed by atoms with E-state index in [1.54, 1.807) is 38.1 Å². The van der Waals surface area contributed by atoms with Crippen molar-refractivity contribution < 1.29 is 43.0 Å². The Labute approximate surface area is 205 Å². The lowest BCUT2D eigenvalue weighted by molar-refractivity contribution is -0.159. The number of aryl methyl sites for hydroxylation is 2. The Bertz CT molecular complexity index is 1280. The Morgan fingerprint density at radius 2 is 1.33 bits per heavy atom. The van der Waals surface area contributed by atoms with Gasteiger partial charge in [-0.15, -0.1) is 0 Å². The highest BCUT2D eigenvalue weighted by Crippen LogP contribution is 2.15. The van der Waals surface area contributed by atoms with Crippen LogP contribution in [0.25, 0.3) is 0 Å². The Kier molecular flexibility index (Phi) is 8.18. The average Bonchev–Trinajstić information content (AvgIpc) is 3.39. The monoisotopic (exact) mass is 494 g/mol. The van der Waals surface area contributed by atoms with Gasteiger partial charge in [-0.25, -0.2) is 14.4 Å². The zero-order valence-electron chi connectivity index (χ0n) is 19.2. The molecule has 11 heteroatoms. The van der Waals surface area contributed by atoms with Gasteiger partial charge < -0.3 is 19.0 Å². The molecule has 3 N–H and O–H groups in total. The zero-order chi connectivity index (χ0) is 26.2. The Morgan fingerprint density at radius 1 is 0.778 bits per heavy atom. The van der Waals surface area contributed by atoms with Crippen LogP contribution >= 0.6 is 0 Å². The number of furan rings is 1. The van der Waals surface area contributed by atoms with Crippen LogP contribution in [-0.4, -0.2) is 47.0 Å². The van der Waals surface area contributed by atoms with E-state index in [0.29, 0.717) is 11.1 Å². The van der Waals surface area contributed by atoms with Crippen molar-refractivity contribution in [1.29, 1.82) is 0 Å². The third-order valence-electron chi connectivity index (χ3n) is 4.80. The van der Waals surface area contributed by atoms with Gasteiger partial charge in [-0.05, 0) is 50.2 Å². The number of carbonyl (C=O) groups excluding carboxylic acids is 4. The summed E-state index contributed by atoms with van der Waals surface area (Å²) in [4.78, 5) is 62.3. The molecule has 0 spiro atoms. The second kappa shape index (κ2) is 11.5. The number of hydrogen-bond donors (Lipinski definition) is 3. The van der Waals surface area contributed by atoms with Crippen molar-refractivity contribution >= 4 is 29.7 Å². The molecule has 0 unspecified atom stereocenters. The zero-order valence-corrected chi connectivity index (χ0v) is 19.2. The van der Waals surface area contributed by atoms with E-state index in [4.69, 9.17) is 13.9 Å². The first-order valence-electron chi connectivity index (χ1n) is 10.6. The van der Waals surface area contributed by atoms with Crippen LogP contribution in [0.2, 0.25) is 0 Å². The number of amides is 2. The molecule has 11 nitrogen and oxygen atoms in total. The van der Waals surface area contributed by atoms with Crippen LogP contribution in [0.15, 0.2) is 71.3 Å². The van der Waals surface area contributed by atoms with Gasteiger partial charge in [0.05, 0.1) is 17.4 Å². The molecule has 3 aromatic rings. The maximum absolute atomic E-state index is 12.9. The number of hydrogen-bond acceptors (Lipinski definition) is 8. The van der Waals surface area contributed by atoms with Gasteiger partial charge in [0.15, 0.2) is 5.76 Å². The molecule has 186 valence electrons. The van der Waals surface area contributed by atoms with Crippen molar-refractivity contribution in [1.82, 2.24) is 10.9 Å². The second-order valence-electron chi connectivity index (χ2n) is 7.65. The molecule has 2 amide bonds. The van der Waals surface area contributed by atoms with Gasteiger partial charge in [-0.3, -0.25) is 20.4 Å². The summed E-state index contributed by atoms with van der Waals surface area (Å²) in [6.07, 6.45) is -3.18. The maximum atomic E-state index is 12.9. The molecule has 0 fully saturated rings. The van der Waals surface area contributed by atoms with Crippen LogP contribution < -0.4 is 10.9 Å². The number of hydrazine groups is 1. The van der Waals surface area contributed by atoms with Gasteiger partial charge in [0, 0.05) is 0 Å². The van der Waals surface area contributed by atoms with Gasteiger partial charge in [-0.1, -0.05) is 35.4 Å². The second-order valence-corrected chi connectivity index (χ2v) is 7.65. The Hall–Kier alpha value is -4.93. The molecule has 0 aliphatic heterocycles. The summed E-state index contributed by atoms with van der Waals surface area (Å²) in [5.41, 5.74) is 5.45. The predicted octanol–water partition coefficient (Wildman–Crippen LogP) is 2.19. The quantitative estimate of drug-likeness (QED) is 0.315. The van der Waals surface area contributed by atoms with Crippen LogP contribution in [0.1, 0.15) is 42.4 Å². The van der Waals surface area contributed by atoms with Gasteiger partial charge in [0.1, 0.15) is 0 Å². The van der Waals surface area contributed by atoms with Crippen LogP contribution in [0, 0.1) is 13.8 Å². The molecule has 0 bridgehead atoms. The van der Waals surface area contributed by atoms with E-state index in [-0.39, 0.29) is 16.9 Å². The first-order valence-corrected chi connectivity index (χ1v) is 10.6. The smallest absolute Gasteiger partial charge is 0.349 e. The number of carboxylic acids is 1. The van der Waals surface area contributed by atoms with E-state index >= 15 is 0 Å². The Balaban J connectivity index is 1.85. The number of nitrogens with one attached hydrogen (secondary N) is 2. The lowest BCUT2D eigenvalue weighted by Crippen LogP contribution is -2.54. The molecule has 3 rings (SSSR count). The molecule has 0 aliphatic carbocycles. The number of benzene rings is 2. The first kappa shape index (κ1) is 25.7. The Morgan fingerprint density at radius 3 is 1.81 bits per heavy atom. The fraction of sp³-hybridized carbons (Fsp3) is 0.160. The molecule has 1 aromatic heterocycles. The number of ether oxygens (including phenoxy) is 2. The van der Waals surface area contributed by atoms with Crippen LogP contribution in [0.4, 0.5) is 0 Å². The summed E-state index contributed by atoms with van der Waals surface area (Å²) < 4.78 is 15.2. The molecule has 0 aliphatic rings. The molecule has 0 radical (unpaired) electrons. The van der Waals surface area contributed by atoms with Crippen LogP contribution in [0.3, 0.4) is 0 Å². The highest BCUT2D eigenvalue weighted by Gasteiger charge is 2.41. The number of esters is 2. The fourth-order valence-electron chi connectivity index (χ4n) is 3.06. The third kappa shape index (κ3) is 6.56. The van der Waals surface area contributed by atoms with Crippen molar-refractivity contribution in [2.24, 2.45) is 0 Å². The largest absolute Gasteiger partial charge is 0.478 e. The molecule has 0 saturated heterocycles. The molecule has 2 aromatic carbocycles. The van der Waals surface area contributed by atoms with E-state index in [1.165, 1.54) is 42.7 Å². The number of carbonyl (C=O) groups is 5. The third-order valence-corrected chi connectivity index (χ3v) is 4.80. The van der Waals surface area contributed by atoms with Gasteiger partial charge in [0.2, 0.25) is 12.2 Å². The summed E-state index contributed by atoms with van der Waals surface area (Å²) in [7, 11) is 0. The molecule has 36 heavy (non-hydrogen) atoms. The van der Waals surface area contributed by atoms with Crippen molar-refractivity contribution in [2.75, 3.05) is 0 Å². The number of rotatable bonds is 8. The lowest BCUT2D eigenvalue weighted by atomic mass is 10.1. The molecule has 2 atom stereocenters. The summed E-state index contributed by atoms with van der Waals surface area (Å²) in [5.74, 6) is -6.14. The van der Waals surface area contributed by atoms with E-state index in [0.717, 1.165) is 0 Å². The molecule has 0 saturated carbocycles. The topological polar surface area (TPSA) is 161 Å². The predicted molar refractivity (Wildman–Crippen MR) is 123 cm³/mol.